The van der Waals surface area contributed by atoms with Gasteiger partial charge in [0.2, 0.25) is 0 Å². The Bertz CT molecular complexity index is 379. The lowest BCUT2D eigenvalue weighted by Crippen LogP contribution is -2.42. The van der Waals surface area contributed by atoms with E-state index in [9.17, 15) is 4.79 Å². The summed E-state index contributed by atoms with van der Waals surface area (Å²) in [5.74, 6) is -0.337. The highest BCUT2D eigenvalue weighted by Gasteiger charge is 2.29. The van der Waals surface area contributed by atoms with Gasteiger partial charge in [0, 0.05) is 12.1 Å². The number of rotatable bonds is 4. The molecule has 1 saturated heterocycles. The fourth-order valence-electron chi connectivity index (χ4n) is 1.69. The minimum absolute atomic E-state index is 0.0316. The average Bonchev–Trinajstić information content (AvgIpc) is 2.84. The van der Waals surface area contributed by atoms with E-state index >= 15 is 0 Å². The minimum Gasteiger partial charge on any atom is -0.478 e. The summed E-state index contributed by atoms with van der Waals surface area (Å²) in [6.07, 6.45) is 2.21. The van der Waals surface area contributed by atoms with E-state index in [-0.39, 0.29) is 11.1 Å². The second kappa shape index (κ2) is 4.27. The number of carboxylic acid groups (broad SMARTS) is 1. The van der Waals surface area contributed by atoms with Crippen LogP contribution in [-0.2, 0) is 11.3 Å². The highest BCUT2D eigenvalue weighted by molar-refractivity contribution is 5.87. The molecule has 1 unspecified atom stereocenters. The number of carboxylic acids is 1. The van der Waals surface area contributed by atoms with Gasteiger partial charge in [-0.05, 0) is 19.4 Å². The number of nitrogens with one attached hydrogen (secondary N) is 1. The second-order valence-electron chi connectivity index (χ2n) is 4.32. The van der Waals surface area contributed by atoms with Crippen LogP contribution in [0.2, 0.25) is 0 Å². The Morgan fingerprint density at radius 2 is 2.50 bits per heavy atom. The maximum Gasteiger partial charge on any atom is 0.338 e. The van der Waals surface area contributed by atoms with Crippen molar-refractivity contribution < 1.29 is 19.1 Å². The molecule has 2 N–H and O–H groups in total. The van der Waals surface area contributed by atoms with E-state index in [1.54, 1.807) is 0 Å². The largest absolute Gasteiger partial charge is 0.478 e. The van der Waals surface area contributed by atoms with E-state index in [1.807, 2.05) is 0 Å². The summed E-state index contributed by atoms with van der Waals surface area (Å²) in [7, 11) is 0. The van der Waals surface area contributed by atoms with Crippen LogP contribution in [0.4, 0.5) is 0 Å². The molecule has 0 spiro atoms. The lowest BCUT2D eigenvalue weighted by atomic mass is 10.0. The molecule has 5 heteroatoms. The molecular formula is C11H15NO4. The van der Waals surface area contributed by atoms with Gasteiger partial charge in [0.05, 0.1) is 18.7 Å². The topological polar surface area (TPSA) is 71.7 Å². The molecule has 1 aliphatic rings. The summed E-state index contributed by atoms with van der Waals surface area (Å²) in [6, 6.07) is 1.54. The van der Waals surface area contributed by atoms with E-state index in [0.29, 0.717) is 18.9 Å². The Morgan fingerprint density at radius 1 is 1.69 bits per heavy atom. The van der Waals surface area contributed by atoms with Gasteiger partial charge in [-0.15, -0.1) is 0 Å². The Labute approximate surface area is 93.4 Å². The van der Waals surface area contributed by atoms with Crippen molar-refractivity contribution in [3.8, 4) is 0 Å². The normalized spacial score (nSPS) is 24.8. The van der Waals surface area contributed by atoms with Gasteiger partial charge in [0.15, 0.2) is 0 Å². The summed E-state index contributed by atoms with van der Waals surface area (Å²) >= 11 is 0. The summed E-state index contributed by atoms with van der Waals surface area (Å²) in [6.45, 7) is 4.05. The van der Waals surface area contributed by atoms with Crippen molar-refractivity contribution >= 4 is 5.97 Å². The Balaban J connectivity index is 1.91. The van der Waals surface area contributed by atoms with Gasteiger partial charge in [-0.3, -0.25) is 0 Å². The minimum atomic E-state index is -0.967. The monoisotopic (exact) mass is 225 g/mol. The SMILES string of the molecule is CC1(NCc2cc(C(=O)O)co2)CCOC1. The van der Waals surface area contributed by atoms with Crippen molar-refractivity contribution in [3.05, 3.63) is 23.7 Å². The van der Waals surface area contributed by atoms with Crippen LogP contribution in [0.1, 0.15) is 29.5 Å². The smallest absolute Gasteiger partial charge is 0.338 e. The summed E-state index contributed by atoms with van der Waals surface area (Å²) in [5.41, 5.74) is 0.153. The summed E-state index contributed by atoms with van der Waals surface area (Å²) < 4.78 is 10.5. The fraction of sp³-hybridized carbons (Fsp3) is 0.545. The maximum atomic E-state index is 10.6. The first-order valence-electron chi connectivity index (χ1n) is 5.23. The molecule has 0 saturated carbocycles. The van der Waals surface area contributed by atoms with Crippen molar-refractivity contribution in [2.45, 2.75) is 25.4 Å². The van der Waals surface area contributed by atoms with Gasteiger partial charge in [-0.1, -0.05) is 0 Å². The molecule has 0 bridgehead atoms. The Morgan fingerprint density at radius 3 is 3.06 bits per heavy atom. The first-order valence-corrected chi connectivity index (χ1v) is 5.23. The molecule has 1 aromatic heterocycles. The van der Waals surface area contributed by atoms with Crippen LogP contribution in [0.3, 0.4) is 0 Å². The molecule has 1 aromatic rings. The zero-order valence-corrected chi connectivity index (χ0v) is 9.16. The van der Waals surface area contributed by atoms with Crippen LogP contribution < -0.4 is 5.32 Å². The highest BCUT2D eigenvalue weighted by atomic mass is 16.5. The van der Waals surface area contributed by atoms with Crippen LogP contribution in [0.15, 0.2) is 16.7 Å². The lowest BCUT2D eigenvalue weighted by molar-refractivity contribution is 0.0696. The molecule has 0 aliphatic carbocycles. The van der Waals surface area contributed by atoms with Crippen molar-refractivity contribution in [2.24, 2.45) is 0 Å². The average molecular weight is 225 g/mol. The number of carbonyl (C=O) groups is 1. The maximum absolute atomic E-state index is 10.6. The van der Waals surface area contributed by atoms with E-state index < -0.39 is 5.97 Å². The van der Waals surface area contributed by atoms with Gasteiger partial charge >= 0.3 is 5.97 Å². The van der Waals surface area contributed by atoms with Crippen LogP contribution in [0, 0.1) is 0 Å². The van der Waals surface area contributed by atoms with E-state index in [2.05, 4.69) is 12.2 Å². The molecule has 2 heterocycles. The van der Waals surface area contributed by atoms with Crippen LogP contribution in [0.25, 0.3) is 0 Å². The van der Waals surface area contributed by atoms with Crippen LogP contribution in [0.5, 0.6) is 0 Å². The number of hydrogen-bond acceptors (Lipinski definition) is 4. The molecular weight excluding hydrogens is 210 g/mol. The zero-order valence-electron chi connectivity index (χ0n) is 9.16. The standard InChI is InChI=1S/C11H15NO4/c1-11(2-3-15-7-11)12-5-9-4-8(6-16-9)10(13)14/h4,6,12H,2-3,5,7H2,1H3,(H,13,14). The zero-order chi connectivity index (χ0) is 11.6. The third-order valence-corrected chi connectivity index (χ3v) is 2.81. The Hall–Kier alpha value is -1.33. The van der Waals surface area contributed by atoms with Crippen molar-refractivity contribution in [1.29, 1.82) is 0 Å². The third-order valence-electron chi connectivity index (χ3n) is 2.81. The fourth-order valence-corrected chi connectivity index (χ4v) is 1.69. The van der Waals surface area contributed by atoms with Crippen LogP contribution >= 0.6 is 0 Å². The number of aromatic carboxylic acids is 1. The van der Waals surface area contributed by atoms with Gasteiger partial charge in [0.1, 0.15) is 12.0 Å². The number of hydrogen-bond donors (Lipinski definition) is 2. The van der Waals surface area contributed by atoms with Gasteiger partial charge < -0.3 is 19.6 Å². The highest BCUT2D eigenvalue weighted by Crippen LogP contribution is 2.18. The lowest BCUT2D eigenvalue weighted by Gasteiger charge is -2.22. The molecule has 0 radical (unpaired) electrons. The summed E-state index contributed by atoms with van der Waals surface area (Å²) in [5, 5.41) is 12.0. The number of ether oxygens (including phenoxy) is 1. The van der Waals surface area contributed by atoms with Crippen LogP contribution in [-0.4, -0.2) is 29.8 Å². The van der Waals surface area contributed by atoms with Crippen molar-refractivity contribution in [1.82, 2.24) is 5.32 Å². The molecule has 0 aromatic carbocycles. The second-order valence-corrected chi connectivity index (χ2v) is 4.32. The molecule has 1 atom stereocenters. The van der Waals surface area contributed by atoms with Gasteiger partial charge in [-0.2, -0.15) is 0 Å². The number of furan rings is 1. The van der Waals surface area contributed by atoms with E-state index in [0.717, 1.165) is 13.0 Å². The molecule has 0 amide bonds. The first kappa shape index (κ1) is 11.2. The summed E-state index contributed by atoms with van der Waals surface area (Å²) in [4.78, 5) is 10.6. The van der Waals surface area contributed by atoms with Crippen molar-refractivity contribution in [3.63, 3.8) is 0 Å². The van der Waals surface area contributed by atoms with E-state index in [4.69, 9.17) is 14.3 Å². The molecule has 5 nitrogen and oxygen atoms in total. The van der Waals surface area contributed by atoms with E-state index in [1.165, 1.54) is 12.3 Å². The van der Waals surface area contributed by atoms with Gasteiger partial charge in [0.25, 0.3) is 0 Å². The molecule has 1 fully saturated rings. The third kappa shape index (κ3) is 2.43. The molecule has 1 aliphatic heterocycles. The first-order chi connectivity index (χ1) is 7.59. The quantitative estimate of drug-likeness (QED) is 0.806. The predicted molar refractivity (Wildman–Crippen MR) is 56.3 cm³/mol. The van der Waals surface area contributed by atoms with Crippen molar-refractivity contribution in [2.75, 3.05) is 13.2 Å². The molecule has 16 heavy (non-hydrogen) atoms. The van der Waals surface area contributed by atoms with Gasteiger partial charge in [-0.25, -0.2) is 4.79 Å². The molecule has 88 valence electrons. The molecule has 2 rings (SSSR count). The Kier molecular flexibility index (Phi) is 2.98. The predicted octanol–water partition coefficient (Wildman–Crippen LogP) is 1.25.